The lowest BCUT2D eigenvalue weighted by molar-refractivity contribution is 0.427. The Bertz CT molecular complexity index is 297. The van der Waals surface area contributed by atoms with E-state index < -0.39 is 0 Å². The molecule has 0 amide bonds. The maximum atomic E-state index is 9.47. The van der Waals surface area contributed by atoms with Crippen LogP contribution >= 0.6 is 0 Å². The normalized spacial score (nSPS) is 13.2. The third-order valence-electron chi connectivity index (χ3n) is 2.09. The van der Waals surface area contributed by atoms with Crippen molar-refractivity contribution in [2.45, 2.75) is 19.9 Å². The van der Waals surface area contributed by atoms with Gasteiger partial charge in [-0.15, -0.1) is 0 Å². The van der Waals surface area contributed by atoms with Crippen LogP contribution in [0.5, 0.6) is 11.5 Å². The minimum Gasteiger partial charge on any atom is -0.508 e. The minimum absolute atomic E-state index is 0.0530. The van der Waals surface area contributed by atoms with Crippen LogP contribution < -0.4 is 5.73 Å². The van der Waals surface area contributed by atoms with Crippen LogP contribution in [0, 0.1) is 5.92 Å². The molecular weight excluding hydrogens is 166 g/mol. The van der Waals surface area contributed by atoms with Gasteiger partial charge < -0.3 is 15.9 Å². The molecule has 13 heavy (non-hydrogen) atoms. The van der Waals surface area contributed by atoms with E-state index >= 15 is 0 Å². The zero-order chi connectivity index (χ0) is 10.0. The Hall–Kier alpha value is -1.22. The molecule has 0 aromatic heterocycles. The molecule has 4 N–H and O–H groups in total. The van der Waals surface area contributed by atoms with Gasteiger partial charge in [-0.05, 0) is 12.0 Å². The highest BCUT2D eigenvalue weighted by atomic mass is 16.3. The molecule has 0 aliphatic carbocycles. The molecule has 0 aliphatic heterocycles. The van der Waals surface area contributed by atoms with Gasteiger partial charge in [0.25, 0.3) is 0 Å². The Morgan fingerprint density at radius 3 is 2.31 bits per heavy atom. The first-order chi connectivity index (χ1) is 6.02. The van der Waals surface area contributed by atoms with Gasteiger partial charge in [0.2, 0.25) is 0 Å². The highest BCUT2D eigenvalue weighted by Gasteiger charge is 2.14. The van der Waals surface area contributed by atoms with E-state index in [0.29, 0.717) is 5.56 Å². The van der Waals surface area contributed by atoms with Crippen LogP contribution in [0.3, 0.4) is 0 Å². The Morgan fingerprint density at radius 2 is 1.85 bits per heavy atom. The van der Waals surface area contributed by atoms with E-state index in [2.05, 4.69) is 0 Å². The van der Waals surface area contributed by atoms with Gasteiger partial charge in [-0.1, -0.05) is 19.9 Å². The Morgan fingerprint density at radius 1 is 1.23 bits per heavy atom. The average molecular weight is 181 g/mol. The Kier molecular flexibility index (Phi) is 2.78. The predicted molar refractivity (Wildman–Crippen MR) is 51.5 cm³/mol. The van der Waals surface area contributed by atoms with E-state index in [1.165, 1.54) is 12.1 Å². The number of phenolic OH excluding ortho intramolecular Hbond substituents is 2. The summed E-state index contributed by atoms with van der Waals surface area (Å²) < 4.78 is 0. The zero-order valence-corrected chi connectivity index (χ0v) is 7.86. The van der Waals surface area contributed by atoms with E-state index in [-0.39, 0.29) is 23.5 Å². The first kappa shape index (κ1) is 9.86. The fraction of sp³-hybridized carbons (Fsp3) is 0.400. The highest BCUT2D eigenvalue weighted by Crippen LogP contribution is 2.29. The number of hydrogen-bond acceptors (Lipinski definition) is 3. The van der Waals surface area contributed by atoms with Crippen molar-refractivity contribution in [3.8, 4) is 11.5 Å². The molecule has 1 aromatic carbocycles. The molecule has 0 aliphatic rings. The molecule has 1 aromatic rings. The molecule has 3 nitrogen and oxygen atoms in total. The molecule has 1 atom stereocenters. The minimum atomic E-state index is -0.194. The molecule has 0 spiro atoms. The molecule has 0 heterocycles. The number of aromatic hydroxyl groups is 2. The fourth-order valence-corrected chi connectivity index (χ4v) is 1.17. The van der Waals surface area contributed by atoms with E-state index in [0.717, 1.165) is 0 Å². The Balaban J connectivity index is 3.01. The van der Waals surface area contributed by atoms with Crippen molar-refractivity contribution in [2.75, 3.05) is 0 Å². The van der Waals surface area contributed by atoms with E-state index in [9.17, 15) is 5.11 Å². The van der Waals surface area contributed by atoms with Gasteiger partial charge in [0.15, 0.2) is 0 Å². The van der Waals surface area contributed by atoms with Crippen molar-refractivity contribution in [3.05, 3.63) is 23.8 Å². The van der Waals surface area contributed by atoms with Crippen LogP contribution in [0.1, 0.15) is 25.5 Å². The van der Waals surface area contributed by atoms with Crippen LogP contribution in [0.4, 0.5) is 0 Å². The fourth-order valence-electron chi connectivity index (χ4n) is 1.17. The summed E-state index contributed by atoms with van der Waals surface area (Å²) in [6, 6.07) is 4.28. The van der Waals surface area contributed by atoms with Crippen LogP contribution in [0.15, 0.2) is 18.2 Å². The first-order valence-electron chi connectivity index (χ1n) is 4.30. The van der Waals surface area contributed by atoms with Gasteiger partial charge in [-0.3, -0.25) is 0 Å². The summed E-state index contributed by atoms with van der Waals surface area (Å²) in [4.78, 5) is 0. The lowest BCUT2D eigenvalue weighted by Crippen LogP contribution is -2.16. The van der Waals surface area contributed by atoms with E-state index in [1.54, 1.807) is 6.07 Å². The molecule has 0 fully saturated rings. The smallest absolute Gasteiger partial charge is 0.124 e. The van der Waals surface area contributed by atoms with Gasteiger partial charge in [0, 0.05) is 17.7 Å². The summed E-state index contributed by atoms with van der Waals surface area (Å²) in [6.45, 7) is 3.97. The molecule has 0 bridgehead atoms. The highest BCUT2D eigenvalue weighted by molar-refractivity contribution is 5.40. The summed E-state index contributed by atoms with van der Waals surface area (Å²) in [5, 5.41) is 18.5. The largest absolute Gasteiger partial charge is 0.508 e. The molecule has 1 rings (SSSR count). The van der Waals surface area contributed by atoms with Crippen LogP contribution in [0.25, 0.3) is 0 Å². The lowest BCUT2D eigenvalue weighted by atomic mass is 9.96. The van der Waals surface area contributed by atoms with Crippen molar-refractivity contribution in [1.29, 1.82) is 0 Å². The second-order valence-corrected chi connectivity index (χ2v) is 3.51. The lowest BCUT2D eigenvalue weighted by Gasteiger charge is -2.17. The van der Waals surface area contributed by atoms with Crippen molar-refractivity contribution < 1.29 is 10.2 Å². The van der Waals surface area contributed by atoms with Crippen molar-refractivity contribution in [3.63, 3.8) is 0 Å². The number of nitrogens with two attached hydrogens (primary N) is 1. The standard InChI is InChI=1S/C10H15NO2/c1-6(2)10(11)8-4-3-7(12)5-9(8)13/h3-6,10,12-13H,11H2,1-2H3. The summed E-state index contributed by atoms with van der Waals surface area (Å²) in [7, 11) is 0. The van der Waals surface area contributed by atoms with E-state index in [1.807, 2.05) is 13.8 Å². The van der Waals surface area contributed by atoms with E-state index in [4.69, 9.17) is 10.8 Å². The summed E-state index contributed by atoms with van der Waals surface area (Å²) in [5.41, 5.74) is 6.52. The predicted octanol–water partition coefficient (Wildman–Crippen LogP) is 1.75. The maximum absolute atomic E-state index is 9.47. The molecule has 0 radical (unpaired) electrons. The van der Waals surface area contributed by atoms with Crippen LogP contribution in [-0.2, 0) is 0 Å². The zero-order valence-electron chi connectivity index (χ0n) is 7.86. The molecule has 1 unspecified atom stereocenters. The average Bonchev–Trinajstić information content (AvgIpc) is 2.03. The van der Waals surface area contributed by atoms with Crippen LogP contribution in [0.2, 0.25) is 0 Å². The summed E-state index contributed by atoms with van der Waals surface area (Å²) in [5.74, 6) is 0.369. The quantitative estimate of drug-likeness (QED) is 0.651. The third-order valence-corrected chi connectivity index (χ3v) is 2.09. The number of benzene rings is 1. The molecule has 72 valence electrons. The molecule has 0 saturated carbocycles. The third kappa shape index (κ3) is 2.12. The van der Waals surface area contributed by atoms with Gasteiger partial charge in [-0.25, -0.2) is 0 Å². The summed E-state index contributed by atoms with van der Waals surface area (Å²) >= 11 is 0. The number of hydrogen-bond donors (Lipinski definition) is 3. The Labute approximate surface area is 77.8 Å². The summed E-state index contributed by atoms with van der Waals surface area (Å²) in [6.07, 6.45) is 0. The van der Waals surface area contributed by atoms with Gasteiger partial charge in [0.05, 0.1) is 0 Å². The first-order valence-corrected chi connectivity index (χ1v) is 4.30. The molecular formula is C10H15NO2. The van der Waals surface area contributed by atoms with Crippen molar-refractivity contribution in [2.24, 2.45) is 11.7 Å². The maximum Gasteiger partial charge on any atom is 0.124 e. The van der Waals surface area contributed by atoms with Crippen molar-refractivity contribution in [1.82, 2.24) is 0 Å². The second kappa shape index (κ2) is 3.66. The monoisotopic (exact) mass is 181 g/mol. The number of rotatable bonds is 2. The van der Waals surface area contributed by atoms with Crippen molar-refractivity contribution >= 4 is 0 Å². The van der Waals surface area contributed by atoms with Gasteiger partial charge in [0.1, 0.15) is 11.5 Å². The van der Waals surface area contributed by atoms with Crippen LogP contribution in [-0.4, -0.2) is 10.2 Å². The molecule has 3 heteroatoms. The second-order valence-electron chi connectivity index (χ2n) is 3.51. The van der Waals surface area contributed by atoms with Gasteiger partial charge in [-0.2, -0.15) is 0 Å². The van der Waals surface area contributed by atoms with Gasteiger partial charge >= 0.3 is 0 Å². The topological polar surface area (TPSA) is 66.5 Å². The number of phenols is 2. The SMILES string of the molecule is CC(C)C(N)c1ccc(O)cc1O. The molecule has 0 saturated heterocycles.